The van der Waals surface area contributed by atoms with Crippen LogP contribution in [0.15, 0.2) is 69.9 Å². The molecule has 0 saturated heterocycles. The summed E-state index contributed by atoms with van der Waals surface area (Å²) in [7, 11) is 3.17. The van der Waals surface area contributed by atoms with Crippen molar-refractivity contribution in [3.63, 3.8) is 0 Å². The number of benzene rings is 3. The maximum Gasteiger partial charge on any atom is 0.193 e. The molecule has 0 radical (unpaired) electrons. The minimum absolute atomic E-state index is 0.0798. The number of fused-ring (bicyclic) bond motifs is 3. The smallest absolute Gasteiger partial charge is 0.193 e. The van der Waals surface area contributed by atoms with Crippen LogP contribution in [0.1, 0.15) is 0 Å². The van der Waals surface area contributed by atoms with Crippen molar-refractivity contribution in [1.82, 2.24) is 0 Å². The van der Waals surface area contributed by atoms with Crippen LogP contribution in [-0.2, 0) is 0 Å². The fourth-order valence-corrected chi connectivity index (χ4v) is 2.98. The summed E-state index contributed by atoms with van der Waals surface area (Å²) in [6.07, 6.45) is 0. The normalized spacial score (nSPS) is 11.0. The Bertz CT molecular complexity index is 1120. The van der Waals surface area contributed by atoms with Gasteiger partial charge in [0.2, 0.25) is 0 Å². The zero-order valence-corrected chi connectivity index (χ0v) is 13.9. The largest absolute Gasteiger partial charge is 0.497 e. The number of rotatable bonds is 3. The van der Waals surface area contributed by atoms with E-state index in [2.05, 4.69) is 0 Å². The molecule has 0 unspecified atom stereocenters. The van der Waals surface area contributed by atoms with Gasteiger partial charge in [0.1, 0.15) is 22.8 Å². The molecule has 0 N–H and O–H groups in total. The summed E-state index contributed by atoms with van der Waals surface area (Å²) >= 11 is 0. The van der Waals surface area contributed by atoms with Crippen LogP contribution in [0.5, 0.6) is 11.5 Å². The Morgan fingerprint density at radius 3 is 2.24 bits per heavy atom. The molecule has 0 spiro atoms. The summed E-state index contributed by atoms with van der Waals surface area (Å²) in [5.41, 5.74) is 1.23. The monoisotopic (exact) mass is 332 g/mol. The van der Waals surface area contributed by atoms with Crippen LogP contribution < -0.4 is 14.9 Å². The van der Waals surface area contributed by atoms with E-state index in [1.165, 1.54) is 6.07 Å². The highest BCUT2D eigenvalue weighted by Crippen LogP contribution is 2.32. The molecule has 0 atom stereocenters. The van der Waals surface area contributed by atoms with E-state index < -0.39 is 0 Å². The van der Waals surface area contributed by atoms with Gasteiger partial charge in [-0.05, 0) is 23.6 Å². The zero-order valence-electron chi connectivity index (χ0n) is 13.9. The van der Waals surface area contributed by atoms with E-state index in [9.17, 15) is 4.79 Å². The first-order valence-corrected chi connectivity index (χ1v) is 7.88. The zero-order chi connectivity index (χ0) is 17.4. The summed E-state index contributed by atoms with van der Waals surface area (Å²) in [4.78, 5) is 12.6. The molecular formula is C21H16O4. The Balaban J connectivity index is 2.03. The van der Waals surface area contributed by atoms with Crippen LogP contribution in [0.4, 0.5) is 0 Å². The quantitative estimate of drug-likeness (QED) is 0.513. The van der Waals surface area contributed by atoms with Gasteiger partial charge in [-0.3, -0.25) is 4.79 Å². The summed E-state index contributed by atoms with van der Waals surface area (Å²) in [6.45, 7) is 0. The Morgan fingerprint density at radius 2 is 1.52 bits per heavy atom. The lowest BCUT2D eigenvalue weighted by Gasteiger charge is -2.09. The second kappa shape index (κ2) is 5.98. The van der Waals surface area contributed by atoms with Crippen molar-refractivity contribution < 1.29 is 13.9 Å². The van der Waals surface area contributed by atoms with E-state index in [1.54, 1.807) is 26.4 Å². The SMILES string of the molecule is COc1cc(OC)cc(-c2cc(=O)c3ccc4ccccc4c3o2)c1. The molecule has 124 valence electrons. The lowest BCUT2D eigenvalue weighted by molar-refractivity contribution is 0.394. The van der Waals surface area contributed by atoms with E-state index in [-0.39, 0.29) is 5.43 Å². The molecule has 1 aromatic heterocycles. The van der Waals surface area contributed by atoms with Crippen molar-refractivity contribution in [1.29, 1.82) is 0 Å². The predicted molar refractivity (Wildman–Crippen MR) is 98.5 cm³/mol. The molecule has 0 amide bonds. The second-order valence-electron chi connectivity index (χ2n) is 5.74. The fourth-order valence-electron chi connectivity index (χ4n) is 2.98. The van der Waals surface area contributed by atoms with Crippen LogP contribution in [0.3, 0.4) is 0 Å². The fraction of sp³-hybridized carbons (Fsp3) is 0.0952. The molecule has 4 rings (SSSR count). The molecule has 0 aliphatic heterocycles. The maximum atomic E-state index is 12.6. The van der Waals surface area contributed by atoms with Gasteiger partial charge in [-0.25, -0.2) is 0 Å². The van der Waals surface area contributed by atoms with Crippen molar-refractivity contribution in [2.75, 3.05) is 14.2 Å². The van der Waals surface area contributed by atoms with Gasteiger partial charge in [-0.15, -0.1) is 0 Å². The minimum Gasteiger partial charge on any atom is -0.497 e. The standard InChI is InChI=1S/C21H16O4/c1-23-15-9-14(10-16(11-15)24-2)20-12-19(22)18-8-7-13-5-3-4-6-17(13)21(18)25-20/h3-12H,1-2H3. The number of ether oxygens (including phenoxy) is 2. The van der Waals surface area contributed by atoms with Crippen molar-refractivity contribution in [2.45, 2.75) is 0 Å². The van der Waals surface area contributed by atoms with Gasteiger partial charge in [-0.2, -0.15) is 0 Å². The third-order valence-electron chi connectivity index (χ3n) is 4.26. The second-order valence-corrected chi connectivity index (χ2v) is 5.74. The topological polar surface area (TPSA) is 48.7 Å². The Hall–Kier alpha value is -3.27. The van der Waals surface area contributed by atoms with E-state index >= 15 is 0 Å². The van der Waals surface area contributed by atoms with E-state index in [1.807, 2.05) is 42.5 Å². The van der Waals surface area contributed by atoms with Crippen molar-refractivity contribution >= 4 is 21.7 Å². The Kier molecular flexibility index (Phi) is 3.65. The molecule has 25 heavy (non-hydrogen) atoms. The van der Waals surface area contributed by atoms with Gasteiger partial charge in [-0.1, -0.05) is 30.3 Å². The minimum atomic E-state index is -0.0798. The number of hydrogen-bond donors (Lipinski definition) is 0. The van der Waals surface area contributed by atoms with Gasteiger partial charge in [0.25, 0.3) is 0 Å². The summed E-state index contributed by atoms with van der Waals surface area (Å²) in [5.74, 6) is 1.75. The summed E-state index contributed by atoms with van der Waals surface area (Å²) < 4.78 is 16.7. The molecule has 4 heteroatoms. The number of methoxy groups -OCH3 is 2. The molecular weight excluding hydrogens is 316 g/mol. The lowest BCUT2D eigenvalue weighted by atomic mass is 10.1. The average molecular weight is 332 g/mol. The predicted octanol–water partition coefficient (Wildman–Crippen LogP) is 4.63. The number of hydrogen-bond acceptors (Lipinski definition) is 4. The summed E-state index contributed by atoms with van der Waals surface area (Å²) in [6, 6.07) is 18.5. The first-order valence-electron chi connectivity index (χ1n) is 7.88. The van der Waals surface area contributed by atoms with E-state index in [4.69, 9.17) is 13.9 Å². The average Bonchev–Trinajstić information content (AvgIpc) is 2.67. The van der Waals surface area contributed by atoms with Crippen LogP contribution >= 0.6 is 0 Å². The molecule has 1 heterocycles. The molecule has 0 aliphatic carbocycles. The van der Waals surface area contributed by atoms with Crippen LogP contribution in [0, 0.1) is 0 Å². The molecule has 0 aliphatic rings. The molecule has 0 bridgehead atoms. The highest BCUT2D eigenvalue weighted by Gasteiger charge is 2.12. The van der Waals surface area contributed by atoms with E-state index in [0.717, 1.165) is 16.3 Å². The molecule has 4 nitrogen and oxygen atoms in total. The first kappa shape index (κ1) is 15.3. The van der Waals surface area contributed by atoms with Crippen molar-refractivity contribution in [3.05, 3.63) is 70.9 Å². The molecule has 3 aromatic carbocycles. The molecule has 0 saturated carbocycles. The first-order chi connectivity index (χ1) is 12.2. The van der Waals surface area contributed by atoms with Crippen LogP contribution in [0.25, 0.3) is 33.1 Å². The third kappa shape index (κ3) is 2.62. The van der Waals surface area contributed by atoms with Crippen molar-refractivity contribution in [2.24, 2.45) is 0 Å². The Labute approximate surface area is 144 Å². The molecule has 4 aromatic rings. The molecule has 0 fully saturated rings. The highest BCUT2D eigenvalue weighted by atomic mass is 16.5. The Morgan fingerprint density at radius 1 is 0.800 bits per heavy atom. The van der Waals surface area contributed by atoms with E-state index in [0.29, 0.717) is 28.2 Å². The van der Waals surface area contributed by atoms with Crippen LogP contribution in [0.2, 0.25) is 0 Å². The van der Waals surface area contributed by atoms with Gasteiger partial charge < -0.3 is 13.9 Å². The van der Waals surface area contributed by atoms with Gasteiger partial charge in [0, 0.05) is 23.1 Å². The van der Waals surface area contributed by atoms with Gasteiger partial charge in [0.05, 0.1) is 19.6 Å². The maximum absolute atomic E-state index is 12.6. The highest BCUT2D eigenvalue weighted by molar-refractivity contribution is 6.04. The van der Waals surface area contributed by atoms with Gasteiger partial charge >= 0.3 is 0 Å². The van der Waals surface area contributed by atoms with Crippen molar-refractivity contribution in [3.8, 4) is 22.8 Å². The third-order valence-corrected chi connectivity index (χ3v) is 4.26. The summed E-state index contributed by atoms with van der Waals surface area (Å²) in [5, 5.41) is 2.50. The van der Waals surface area contributed by atoms with Gasteiger partial charge in [0.15, 0.2) is 5.43 Å². The lowest BCUT2D eigenvalue weighted by Crippen LogP contribution is -2.01. The van der Waals surface area contributed by atoms with Crippen LogP contribution in [-0.4, -0.2) is 14.2 Å².